The molecule has 6 heteroatoms. The number of amides is 2. The zero-order valence-corrected chi connectivity index (χ0v) is 8.86. The summed E-state index contributed by atoms with van der Waals surface area (Å²) in [5.41, 5.74) is 0. The number of carbonyl (C=O) groups is 2. The molecule has 14 heavy (non-hydrogen) atoms. The number of hydrogen-bond acceptors (Lipinski definition) is 5. The van der Waals surface area contributed by atoms with Crippen LogP contribution in [0.15, 0.2) is 0 Å². The molecule has 1 fully saturated rings. The molecule has 0 saturated carbocycles. The monoisotopic (exact) mass is 218 g/mol. The van der Waals surface area contributed by atoms with Crippen LogP contribution in [0.4, 0.5) is 4.79 Å². The Morgan fingerprint density at radius 1 is 1.57 bits per heavy atom. The van der Waals surface area contributed by atoms with Gasteiger partial charge in [-0.2, -0.15) is 11.8 Å². The van der Waals surface area contributed by atoms with Crippen molar-refractivity contribution in [3.05, 3.63) is 0 Å². The van der Waals surface area contributed by atoms with Gasteiger partial charge in [0, 0.05) is 0 Å². The molecule has 0 aromatic heterocycles. The van der Waals surface area contributed by atoms with E-state index in [0.29, 0.717) is 11.7 Å². The summed E-state index contributed by atoms with van der Waals surface area (Å²) in [4.78, 5) is 21.7. The molecule has 80 valence electrons. The fraction of sp³-hybridized carbons (Fsp3) is 0.750. The number of rotatable bonds is 4. The van der Waals surface area contributed by atoms with E-state index >= 15 is 0 Å². The number of nitrogens with one attached hydrogen (secondary N) is 2. The zero-order valence-electron chi connectivity index (χ0n) is 8.04. The molecule has 0 atom stereocenters. The van der Waals surface area contributed by atoms with E-state index in [1.165, 1.54) is 18.9 Å². The number of carbonyl (C=O) groups excluding carboxylic acids is 2. The van der Waals surface area contributed by atoms with Gasteiger partial charge in [0.1, 0.15) is 0 Å². The molecule has 0 bridgehead atoms. The predicted octanol–water partition coefficient (Wildman–Crippen LogP) is -0.178. The van der Waals surface area contributed by atoms with Crippen LogP contribution in [-0.4, -0.2) is 43.7 Å². The van der Waals surface area contributed by atoms with Gasteiger partial charge in [0.25, 0.3) is 0 Å². The number of ether oxygens (including phenoxy) is 1. The quantitative estimate of drug-likeness (QED) is 0.685. The van der Waals surface area contributed by atoms with Crippen LogP contribution in [0, 0.1) is 5.92 Å². The number of thioether (sulfide) groups is 1. The zero-order chi connectivity index (χ0) is 10.4. The Hall–Kier alpha value is -0.750. The first-order chi connectivity index (χ1) is 6.72. The second-order valence-corrected chi connectivity index (χ2v) is 4.11. The standard InChI is InChI=1S/C8H14N2O3S/c1-13-8(12)10-7(11)5-14-4-6-2-9-3-6/h6,9H,2-5H2,1H3,(H,10,11,12). The fourth-order valence-corrected chi connectivity index (χ4v) is 1.93. The molecular formula is C8H14N2O3S. The van der Waals surface area contributed by atoms with Crippen molar-refractivity contribution in [2.45, 2.75) is 0 Å². The van der Waals surface area contributed by atoms with Gasteiger partial charge < -0.3 is 10.1 Å². The number of alkyl carbamates (subject to hydrolysis) is 1. The molecule has 2 N–H and O–H groups in total. The summed E-state index contributed by atoms with van der Waals surface area (Å²) in [5, 5.41) is 5.26. The Morgan fingerprint density at radius 3 is 2.79 bits per heavy atom. The van der Waals surface area contributed by atoms with Crippen LogP contribution in [0.5, 0.6) is 0 Å². The second-order valence-electron chi connectivity index (χ2n) is 3.08. The third kappa shape index (κ3) is 3.97. The van der Waals surface area contributed by atoms with Gasteiger partial charge >= 0.3 is 6.09 Å². The number of hydrogen-bond donors (Lipinski definition) is 2. The van der Waals surface area contributed by atoms with E-state index in [4.69, 9.17) is 0 Å². The van der Waals surface area contributed by atoms with Crippen LogP contribution in [0.2, 0.25) is 0 Å². The minimum absolute atomic E-state index is 0.297. The summed E-state index contributed by atoms with van der Waals surface area (Å²) in [6, 6.07) is 0. The lowest BCUT2D eigenvalue weighted by Crippen LogP contribution is -2.43. The first-order valence-corrected chi connectivity index (χ1v) is 5.54. The van der Waals surface area contributed by atoms with Crippen molar-refractivity contribution in [1.29, 1.82) is 0 Å². The van der Waals surface area contributed by atoms with Crippen molar-refractivity contribution in [2.24, 2.45) is 5.92 Å². The van der Waals surface area contributed by atoms with Crippen LogP contribution < -0.4 is 10.6 Å². The van der Waals surface area contributed by atoms with Crippen LogP contribution in [0.3, 0.4) is 0 Å². The van der Waals surface area contributed by atoms with E-state index in [2.05, 4.69) is 15.4 Å². The highest BCUT2D eigenvalue weighted by Gasteiger charge is 2.17. The van der Waals surface area contributed by atoms with E-state index in [1.54, 1.807) is 0 Å². The summed E-state index contributed by atoms with van der Waals surface area (Å²) in [6.07, 6.45) is -0.694. The summed E-state index contributed by atoms with van der Waals surface area (Å²) in [6.45, 7) is 2.07. The van der Waals surface area contributed by atoms with Gasteiger partial charge in [-0.05, 0) is 24.8 Å². The van der Waals surface area contributed by atoms with E-state index in [0.717, 1.165) is 18.8 Å². The molecule has 0 radical (unpaired) electrons. The average Bonchev–Trinajstić information content (AvgIpc) is 2.09. The van der Waals surface area contributed by atoms with Crippen molar-refractivity contribution >= 4 is 23.8 Å². The normalized spacial score (nSPS) is 15.8. The Kier molecular flexibility index (Phi) is 4.75. The van der Waals surface area contributed by atoms with Gasteiger partial charge in [-0.25, -0.2) is 4.79 Å². The van der Waals surface area contributed by atoms with Gasteiger partial charge in [0.15, 0.2) is 0 Å². The molecule has 1 rings (SSSR count). The van der Waals surface area contributed by atoms with Gasteiger partial charge in [-0.3, -0.25) is 10.1 Å². The number of methoxy groups -OCH3 is 1. The Bertz CT molecular complexity index is 219. The highest BCUT2D eigenvalue weighted by atomic mass is 32.2. The molecule has 1 aliphatic rings. The third-order valence-electron chi connectivity index (χ3n) is 1.88. The van der Waals surface area contributed by atoms with E-state index in [9.17, 15) is 9.59 Å². The molecule has 2 amide bonds. The van der Waals surface area contributed by atoms with Gasteiger partial charge in [0.05, 0.1) is 12.9 Å². The molecule has 0 aromatic carbocycles. The van der Waals surface area contributed by atoms with Crippen molar-refractivity contribution in [1.82, 2.24) is 10.6 Å². The lowest BCUT2D eigenvalue weighted by atomic mass is 10.1. The minimum Gasteiger partial charge on any atom is -0.453 e. The van der Waals surface area contributed by atoms with Crippen molar-refractivity contribution in [2.75, 3.05) is 31.7 Å². The topological polar surface area (TPSA) is 67.4 Å². The minimum atomic E-state index is -0.694. The highest BCUT2D eigenvalue weighted by molar-refractivity contribution is 7.99. The van der Waals surface area contributed by atoms with E-state index in [-0.39, 0.29) is 5.91 Å². The molecule has 0 aromatic rings. The average molecular weight is 218 g/mol. The SMILES string of the molecule is COC(=O)NC(=O)CSCC1CNC1. The van der Waals surface area contributed by atoms with Crippen LogP contribution in [0.1, 0.15) is 0 Å². The van der Waals surface area contributed by atoms with Gasteiger partial charge in [0.2, 0.25) is 5.91 Å². The maximum Gasteiger partial charge on any atom is 0.413 e. The van der Waals surface area contributed by atoms with Crippen molar-refractivity contribution in [3.63, 3.8) is 0 Å². The Labute approximate surface area is 86.9 Å². The van der Waals surface area contributed by atoms with E-state index in [1.807, 2.05) is 0 Å². The molecule has 1 heterocycles. The largest absolute Gasteiger partial charge is 0.453 e. The van der Waals surface area contributed by atoms with Gasteiger partial charge in [-0.1, -0.05) is 0 Å². The molecule has 1 saturated heterocycles. The van der Waals surface area contributed by atoms with E-state index < -0.39 is 6.09 Å². The number of imide groups is 1. The highest BCUT2D eigenvalue weighted by Crippen LogP contribution is 2.11. The molecule has 5 nitrogen and oxygen atoms in total. The maximum atomic E-state index is 11.1. The lowest BCUT2D eigenvalue weighted by molar-refractivity contribution is -0.117. The van der Waals surface area contributed by atoms with Gasteiger partial charge in [-0.15, -0.1) is 0 Å². The first-order valence-electron chi connectivity index (χ1n) is 4.38. The molecule has 0 unspecified atom stereocenters. The van der Waals surface area contributed by atoms with Crippen molar-refractivity contribution < 1.29 is 14.3 Å². The molecular weight excluding hydrogens is 204 g/mol. The summed E-state index contributed by atoms with van der Waals surface area (Å²) >= 11 is 1.54. The maximum absolute atomic E-state index is 11.1. The second kappa shape index (κ2) is 5.87. The Balaban J connectivity index is 1.99. The van der Waals surface area contributed by atoms with Crippen molar-refractivity contribution in [3.8, 4) is 0 Å². The summed E-state index contributed by atoms with van der Waals surface area (Å²) < 4.78 is 4.29. The summed E-state index contributed by atoms with van der Waals surface area (Å²) in [5.74, 6) is 1.65. The molecule has 0 spiro atoms. The van der Waals surface area contributed by atoms with Crippen LogP contribution in [0.25, 0.3) is 0 Å². The summed E-state index contributed by atoms with van der Waals surface area (Å²) in [7, 11) is 1.23. The van der Waals surface area contributed by atoms with Crippen LogP contribution in [-0.2, 0) is 9.53 Å². The van der Waals surface area contributed by atoms with Crippen LogP contribution >= 0.6 is 11.8 Å². The molecule has 0 aliphatic carbocycles. The molecule has 1 aliphatic heterocycles. The first kappa shape index (κ1) is 11.3. The fourth-order valence-electron chi connectivity index (χ4n) is 0.986. The smallest absolute Gasteiger partial charge is 0.413 e. The predicted molar refractivity (Wildman–Crippen MR) is 54.2 cm³/mol. The third-order valence-corrected chi connectivity index (χ3v) is 3.05. The Morgan fingerprint density at radius 2 is 2.29 bits per heavy atom. The lowest BCUT2D eigenvalue weighted by Gasteiger charge is -2.26.